The highest BCUT2D eigenvalue weighted by Gasteiger charge is 2.21. The summed E-state index contributed by atoms with van der Waals surface area (Å²) in [6, 6.07) is 17.8. The van der Waals surface area contributed by atoms with Crippen LogP contribution in [0.15, 0.2) is 72.8 Å². The van der Waals surface area contributed by atoms with Gasteiger partial charge in [0.25, 0.3) is 0 Å². The maximum atomic E-state index is 13.0. The van der Waals surface area contributed by atoms with Crippen LogP contribution < -0.4 is 14.2 Å². The number of allylic oxidation sites excluding steroid dienone is 1. The molecule has 0 atom stereocenters. The fourth-order valence-electron chi connectivity index (χ4n) is 6.96. The molecule has 8 heteroatoms. The maximum absolute atomic E-state index is 13.0. The molecule has 3 aromatic carbocycles. The molecule has 8 nitrogen and oxygen atoms in total. The molecule has 0 fully saturated rings. The van der Waals surface area contributed by atoms with E-state index in [0.717, 1.165) is 36.6 Å². The van der Waals surface area contributed by atoms with Crippen LogP contribution >= 0.6 is 0 Å². The summed E-state index contributed by atoms with van der Waals surface area (Å²) < 4.78 is 17.1. The predicted octanol–water partition coefficient (Wildman–Crippen LogP) is 14.9. The number of esters is 1. The minimum atomic E-state index is -0.742. The number of carbonyl (C=O) groups is 2. The zero-order chi connectivity index (χ0) is 41.5. The number of rotatable bonds is 34. The van der Waals surface area contributed by atoms with Crippen molar-refractivity contribution in [3.8, 4) is 17.2 Å². The molecule has 318 valence electrons. The summed E-state index contributed by atoms with van der Waals surface area (Å²) in [5, 5.41) is 11.9. The van der Waals surface area contributed by atoms with Gasteiger partial charge in [-0.2, -0.15) is 0 Å². The highest BCUT2D eigenvalue weighted by atomic mass is 16.6. The molecule has 0 aliphatic heterocycles. The summed E-state index contributed by atoms with van der Waals surface area (Å²) in [6.07, 6.45) is 34.1. The van der Waals surface area contributed by atoms with Crippen LogP contribution in [-0.4, -0.2) is 29.9 Å². The highest BCUT2D eigenvalue weighted by Crippen LogP contribution is 2.30. The third-order valence-corrected chi connectivity index (χ3v) is 10.6. The summed E-state index contributed by atoms with van der Waals surface area (Å²) in [5.74, 6) is 0.0391. The Balaban J connectivity index is 1.31. The van der Waals surface area contributed by atoms with Crippen molar-refractivity contribution in [1.29, 1.82) is 0 Å². The summed E-state index contributed by atoms with van der Waals surface area (Å²) >= 11 is 0. The van der Waals surface area contributed by atoms with Gasteiger partial charge in [-0.1, -0.05) is 173 Å². The Bertz CT molecular complexity index is 1600. The van der Waals surface area contributed by atoms with Crippen molar-refractivity contribution in [2.75, 3.05) is 13.2 Å². The second-order valence-corrected chi connectivity index (χ2v) is 15.6. The van der Waals surface area contributed by atoms with Crippen molar-refractivity contribution in [2.45, 2.75) is 168 Å². The standard InChI is InChI=1S/C50H71NO7/c1-3-5-7-9-11-13-14-15-16-17-18-19-20-22-24-25-39-56-45-33-27-42(28-34-45)29-37-48(52)44-32-38-49(47(41-44)51(54)55)58-50(53)43-30-35-46(36-31-43)57-40-26-23-21-12-10-8-6-4-2/h27-38,41H,3-26,39-40H2,1-2H3/b37-29+. The zero-order valence-electron chi connectivity index (χ0n) is 35.7. The number of nitrogens with zero attached hydrogens (tertiary/aromatic N) is 1. The third kappa shape index (κ3) is 20.8. The van der Waals surface area contributed by atoms with Gasteiger partial charge in [0.05, 0.1) is 23.7 Å². The maximum Gasteiger partial charge on any atom is 0.343 e. The first kappa shape index (κ1) is 47.9. The van der Waals surface area contributed by atoms with Crippen LogP contribution in [0.3, 0.4) is 0 Å². The summed E-state index contributed by atoms with van der Waals surface area (Å²) in [7, 11) is 0. The van der Waals surface area contributed by atoms with Crippen molar-refractivity contribution in [1.82, 2.24) is 0 Å². The normalized spacial score (nSPS) is 11.2. The van der Waals surface area contributed by atoms with E-state index in [2.05, 4.69) is 13.8 Å². The minimum Gasteiger partial charge on any atom is -0.494 e. The van der Waals surface area contributed by atoms with Crippen LogP contribution in [0, 0.1) is 10.1 Å². The lowest BCUT2D eigenvalue weighted by atomic mass is 10.0. The van der Waals surface area contributed by atoms with E-state index >= 15 is 0 Å². The number of nitro groups is 1. The van der Waals surface area contributed by atoms with Crippen LogP contribution in [0.5, 0.6) is 17.2 Å². The first-order chi connectivity index (χ1) is 28.4. The molecule has 58 heavy (non-hydrogen) atoms. The fourth-order valence-corrected chi connectivity index (χ4v) is 6.96. The molecule has 0 aromatic heterocycles. The van der Waals surface area contributed by atoms with Gasteiger partial charge in [-0.15, -0.1) is 0 Å². The van der Waals surface area contributed by atoms with Gasteiger partial charge in [0, 0.05) is 11.6 Å². The Morgan fingerprint density at radius 1 is 0.534 bits per heavy atom. The highest BCUT2D eigenvalue weighted by molar-refractivity contribution is 6.07. The Morgan fingerprint density at radius 2 is 0.931 bits per heavy atom. The smallest absolute Gasteiger partial charge is 0.343 e. The van der Waals surface area contributed by atoms with Gasteiger partial charge in [-0.3, -0.25) is 14.9 Å². The van der Waals surface area contributed by atoms with E-state index in [1.54, 1.807) is 30.3 Å². The van der Waals surface area contributed by atoms with Crippen molar-refractivity contribution in [3.05, 3.63) is 99.6 Å². The van der Waals surface area contributed by atoms with Crippen LogP contribution in [0.1, 0.15) is 194 Å². The second-order valence-electron chi connectivity index (χ2n) is 15.6. The molecular weight excluding hydrogens is 727 g/mol. The second kappa shape index (κ2) is 30.6. The number of unbranched alkanes of at least 4 members (excludes halogenated alkanes) is 22. The van der Waals surface area contributed by atoms with Crippen LogP contribution in [0.2, 0.25) is 0 Å². The number of benzene rings is 3. The molecule has 0 aliphatic rings. The Kier molecular flexibility index (Phi) is 25.3. The molecule has 0 saturated carbocycles. The lowest BCUT2D eigenvalue weighted by Crippen LogP contribution is -2.10. The van der Waals surface area contributed by atoms with Gasteiger partial charge in [0.1, 0.15) is 11.5 Å². The largest absolute Gasteiger partial charge is 0.494 e. The van der Waals surface area contributed by atoms with Gasteiger partial charge in [0.2, 0.25) is 5.75 Å². The summed E-state index contributed by atoms with van der Waals surface area (Å²) in [4.78, 5) is 37.0. The molecule has 3 aromatic rings. The van der Waals surface area contributed by atoms with E-state index < -0.39 is 22.4 Å². The fraction of sp³-hybridized carbons (Fsp3) is 0.560. The first-order valence-corrected chi connectivity index (χ1v) is 22.6. The van der Waals surface area contributed by atoms with Crippen LogP contribution in [0.25, 0.3) is 6.08 Å². The molecule has 0 unspecified atom stereocenters. The first-order valence-electron chi connectivity index (χ1n) is 22.6. The molecule has 0 spiro atoms. The number of ether oxygens (including phenoxy) is 3. The average Bonchev–Trinajstić information content (AvgIpc) is 3.24. The molecule has 0 amide bonds. The van der Waals surface area contributed by atoms with E-state index in [-0.39, 0.29) is 16.9 Å². The van der Waals surface area contributed by atoms with Crippen molar-refractivity contribution >= 4 is 23.5 Å². The molecule has 0 radical (unpaired) electrons. The Morgan fingerprint density at radius 3 is 1.36 bits per heavy atom. The topological polar surface area (TPSA) is 105 Å². The number of carbonyl (C=O) groups excluding carboxylic acids is 2. The van der Waals surface area contributed by atoms with E-state index in [9.17, 15) is 19.7 Å². The van der Waals surface area contributed by atoms with E-state index in [1.807, 2.05) is 24.3 Å². The van der Waals surface area contributed by atoms with Gasteiger partial charge in [-0.25, -0.2) is 4.79 Å². The lowest BCUT2D eigenvalue weighted by molar-refractivity contribution is -0.385. The van der Waals surface area contributed by atoms with Gasteiger partial charge in [0.15, 0.2) is 5.78 Å². The third-order valence-electron chi connectivity index (χ3n) is 10.6. The monoisotopic (exact) mass is 798 g/mol. The quantitative estimate of drug-likeness (QED) is 0.0113. The predicted molar refractivity (Wildman–Crippen MR) is 237 cm³/mol. The summed E-state index contributed by atoms with van der Waals surface area (Å²) in [5.41, 5.74) is 0.671. The van der Waals surface area contributed by atoms with Gasteiger partial charge in [-0.05, 0) is 73.0 Å². The number of nitro benzene ring substituents is 1. The molecule has 0 heterocycles. The Labute approximate surface area is 349 Å². The zero-order valence-corrected chi connectivity index (χ0v) is 35.7. The van der Waals surface area contributed by atoms with Crippen LogP contribution in [0.4, 0.5) is 5.69 Å². The molecule has 0 N–H and O–H groups in total. The van der Waals surface area contributed by atoms with Crippen molar-refractivity contribution in [2.24, 2.45) is 0 Å². The molecule has 3 rings (SSSR count). The number of ketones is 1. The van der Waals surface area contributed by atoms with Crippen molar-refractivity contribution < 1.29 is 28.7 Å². The lowest BCUT2D eigenvalue weighted by Gasteiger charge is -2.08. The van der Waals surface area contributed by atoms with Crippen LogP contribution in [-0.2, 0) is 0 Å². The number of hydrogen-bond acceptors (Lipinski definition) is 7. The molecule has 0 aliphatic carbocycles. The Hall–Kier alpha value is -4.46. The van der Waals surface area contributed by atoms with E-state index in [0.29, 0.717) is 19.0 Å². The average molecular weight is 798 g/mol. The van der Waals surface area contributed by atoms with Crippen molar-refractivity contribution in [3.63, 3.8) is 0 Å². The molecular formula is C50H71NO7. The molecule has 0 saturated heterocycles. The van der Waals surface area contributed by atoms with Gasteiger partial charge >= 0.3 is 11.7 Å². The minimum absolute atomic E-state index is 0.111. The summed E-state index contributed by atoms with van der Waals surface area (Å²) in [6.45, 7) is 5.78. The SMILES string of the molecule is CCCCCCCCCCCCCCCCCCOc1ccc(/C=C/C(=O)c2ccc(OC(=O)c3ccc(OCCCCCCCCCC)cc3)c([N+](=O)[O-])c2)cc1. The van der Waals surface area contributed by atoms with E-state index in [4.69, 9.17) is 14.2 Å². The number of hydrogen-bond donors (Lipinski definition) is 0. The van der Waals surface area contributed by atoms with E-state index in [1.165, 1.54) is 153 Å². The van der Waals surface area contributed by atoms with Gasteiger partial charge < -0.3 is 14.2 Å². The molecule has 0 bridgehead atoms.